The summed E-state index contributed by atoms with van der Waals surface area (Å²) >= 11 is 0. The zero-order valence-corrected chi connectivity index (χ0v) is 16.5. The number of carbonyl (C=O) groups excluding carboxylic acids is 1. The Morgan fingerprint density at radius 3 is 1.52 bits per heavy atom. The quantitative estimate of drug-likeness (QED) is 0.385. The van der Waals surface area contributed by atoms with Crippen LogP contribution in [0.1, 0.15) is 27.0 Å². The van der Waals surface area contributed by atoms with Gasteiger partial charge in [-0.05, 0) is 42.5 Å². The minimum Gasteiger partial charge on any atom is -0.288 e. The topological polar surface area (TPSA) is 66.8 Å². The van der Waals surface area contributed by atoms with Crippen LogP contribution in [0, 0.1) is 20.8 Å². The molecule has 0 aliphatic carbocycles. The Hall–Kier alpha value is -2.36. The second kappa shape index (κ2) is 10.1. The lowest BCUT2D eigenvalue weighted by Crippen LogP contribution is -2.19. The number of benzene rings is 3. The number of aryl methyl sites for hydroxylation is 3. The van der Waals surface area contributed by atoms with Gasteiger partial charge in [-0.3, -0.25) is 4.79 Å². The summed E-state index contributed by atoms with van der Waals surface area (Å²) in [5, 5.41) is 17.7. The van der Waals surface area contributed by atoms with Crippen molar-refractivity contribution in [3.63, 3.8) is 0 Å². The highest BCUT2D eigenvalue weighted by molar-refractivity contribution is 7.88. The van der Waals surface area contributed by atoms with E-state index >= 15 is 0 Å². The molecule has 27 heavy (non-hydrogen) atoms. The predicted molar refractivity (Wildman–Crippen MR) is 110 cm³/mol. The lowest BCUT2D eigenvalue weighted by Gasteiger charge is -2.20. The smallest absolute Gasteiger partial charge is 0.193 e. The van der Waals surface area contributed by atoms with Crippen LogP contribution in [0.25, 0.3) is 0 Å². The number of rotatable bonds is 4. The molecule has 0 aromatic heterocycles. The average Bonchev–Trinajstić information content (AvgIpc) is 2.63. The molecule has 0 unspecified atom stereocenters. The van der Waals surface area contributed by atoms with Crippen molar-refractivity contribution < 1.29 is 20.3 Å². The SMILES string of the molecule is Cc1cc(C)c(C(=O)P(c2ccccc2)c2ccccc2)c(C)c1.OOO. The van der Waals surface area contributed by atoms with Gasteiger partial charge in [0.15, 0.2) is 5.52 Å². The van der Waals surface area contributed by atoms with E-state index in [9.17, 15) is 4.79 Å². The largest absolute Gasteiger partial charge is 0.288 e. The van der Waals surface area contributed by atoms with E-state index in [1.807, 2.05) is 50.2 Å². The van der Waals surface area contributed by atoms with Gasteiger partial charge in [0, 0.05) is 13.5 Å². The van der Waals surface area contributed by atoms with Crippen molar-refractivity contribution in [1.82, 2.24) is 0 Å². The van der Waals surface area contributed by atoms with E-state index in [2.05, 4.69) is 48.4 Å². The second-order valence-corrected chi connectivity index (χ2v) is 8.28. The molecule has 3 aromatic carbocycles. The molecule has 0 aliphatic heterocycles. The van der Waals surface area contributed by atoms with Gasteiger partial charge in [-0.25, -0.2) is 10.5 Å². The lowest BCUT2D eigenvalue weighted by molar-refractivity contribution is -0.465. The van der Waals surface area contributed by atoms with Gasteiger partial charge >= 0.3 is 0 Å². The molecule has 0 amide bonds. The van der Waals surface area contributed by atoms with Crippen molar-refractivity contribution in [1.29, 1.82) is 0 Å². The van der Waals surface area contributed by atoms with E-state index in [1.54, 1.807) is 0 Å². The summed E-state index contributed by atoms with van der Waals surface area (Å²) in [6.07, 6.45) is 0. The molecule has 4 nitrogen and oxygen atoms in total. The van der Waals surface area contributed by atoms with Gasteiger partial charge in [-0.2, -0.15) is 0 Å². The molecule has 0 aliphatic rings. The lowest BCUT2D eigenvalue weighted by atomic mass is 10.0. The van der Waals surface area contributed by atoms with Crippen LogP contribution >= 0.6 is 7.92 Å². The van der Waals surface area contributed by atoms with Crippen LogP contribution in [0.2, 0.25) is 0 Å². The molecule has 2 N–H and O–H groups in total. The van der Waals surface area contributed by atoms with Gasteiger partial charge in [0.25, 0.3) is 0 Å². The van der Waals surface area contributed by atoms with Crippen molar-refractivity contribution in [3.05, 3.63) is 95.1 Å². The van der Waals surface area contributed by atoms with E-state index in [1.165, 1.54) is 5.56 Å². The molecule has 0 radical (unpaired) electrons. The number of carbonyl (C=O) groups is 1. The highest BCUT2D eigenvalue weighted by atomic mass is 31.1. The van der Waals surface area contributed by atoms with Crippen LogP contribution in [-0.4, -0.2) is 16.0 Å². The van der Waals surface area contributed by atoms with Gasteiger partial charge in [0.1, 0.15) is 0 Å². The summed E-state index contributed by atoms with van der Waals surface area (Å²) in [6.45, 7) is 6.15. The van der Waals surface area contributed by atoms with Gasteiger partial charge < -0.3 is 0 Å². The maximum absolute atomic E-state index is 13.5. The first kappa shape index (κ1) is 20.9. The third-order valence-corrected chi connectivity index (χ3v) is 6.38. The second-order valence-electron chi connectivity index (χ2n) is 6.17. The maximum atomic E-state index is 13.5. The highest BCUT2D eigenvalue weighted by Crippen LogP contribution is 2.39. The normalized spacial score (nSPS) is 10.3. The molecule has 0 atom stereocenters. The predicted octanol–water partition coefficient (Wildman–Crippen LogP) is 4.83. The molecule has 3 rings (SSSR count). The Labute approximate surface area is 160 Å². The average molecular weight is 382 g/mol. The number of hydrogen-bond donors (Lipinski definition) is 2. The van der Waals surface area contributed by atoms with Crippen molar-refractivity contribution >= 4 is 24.1 Å². The molecule has 0 fully saturated rings. The van der Waals surface area contributed by atoms with E-state index in [0.717, 1.165) is 27.3 Å². The Morgan fingerprint density at radius 2 is 1.15 bits per heavy atom. The van der Waals surface area contributed by atoms with E-state index in [-0.39, 0.29) is 5.52 Å². The molecular formula is C22H23O4P. The minimum absolute atomic E-state index is 0.234. The molecule has 0 saturated heterocycles. The Balaban J connectivity index is 0.000000817. The van der Waals surface area contributed by atoms with Gasteiger partial charge in [0.05, 0.1) is 0 Å². The standard InChI is InChI=1S/C22H21OP.H2O3/c1-16-14-17(2)21(18(3)15-16)22(23)24(19-10-6-4-7-11-19)20-12-8-5-9-13-20;1-3-2/h4-15H,1-3H3;1-2H. The summed E-state index contributed by atoms with van der Waals surface area (Å²) in [5.41, 5.74) is 4.44. The summed E-state index contributed by atoms with van der Waals surface area (Å²) in [6, 6.07) is 24.5. The van der Waals surface area contributed by atoms with Crippen LogP contribution in [0.3, 0.4) is 0 Å². The van der Waals surface area contributed by atoms with Crippen molar-refractivity contribution in [2.75, 3.05) is 0 Å². The fourth-order valence-corrected chi connectivity index (χ4v) is 5.45. The van der Waals surface area contributed by atoms with Gasteiger partial charge in [-0.15, -0.1) is 0 Å². The van der Waals surface area contributed by atoms with Crippen molar-refractivity contribution in [2.24, 2.45) is 0 Å². The van der Waals surface area contributed by atoms with E-state index in [4.69, 9.17) is 10.5 Å². The van der Waals surface area contributed by atoms with E-state index < -0.39 is 7.92 Å². The Morgan fingerprint density at radius 1 is 0.778 bits per heavy atom. The summed E-state index contributed by atoms with van der Waals surface area (Å²) in [5.74, 6) is 0. The van der Waals surface area contributed by atoms with Crippen molar-refractivity contribution in [3.8, 4) is 0 Å². The van der Waals surface area contributed by atoms with Gasteiger partial charge in [0.2, 0.25) is 0 Å². The molecular weight excluding hydrogens is 359 g/mol. The molecule has 0 saturated carbocycles. The molecule has 3 aromatic rings. The zero-order valence-electron chi connectivity index (χ0n) is 15.6. The molecule has 140 valence electrons. The monoisotopic (exact) mass is 382 g/mol. The minimum atomic E-state index is -1.07. The molecule has 0 bridgehead atoms. The third-order valence-electron chi connectivity index (χ3n) is 4.12. The van der Waals surface area contributed by atoms with Crippen LogP contribution in [-0.2, 0) is 5.04 Å². The molecule has 0 heterocycles. The molecule has 0 spiro atoms. The molecule has 5 heteroatoms. The van der Waals surface area contributed by atoms with E-state index in [0.29, 0.717) is 0 Å². The number of hydrogen-bond acceptors (Lipinski definition) is 4. The fourth-order valence-electron chi connectivity index (χ4n) is 3.17. The fraction of sp³-hybridized carbons (Fsp3) is 0.136. The summed E-state index contributed by atoms with van der Waals surface area (Å²) < 4.78 is 0. The first-order valence-corrected chi connectivity index (χ1v) is 9.81. The van der Waals surface area contributed by atoms with Crippen LogP contribution < -0.4 is 10.6 Å². The summed E-state index contributed by atoms with van der Waals surface area (Å²) in [7, 11) is -1.07. The summed E-state index contributed by atoms with van der Waals surface area (Å²) in [4.78, 5) is 13.5. The van der Waals surface area contributed by atoms with Crippen LogP contribution in [0.5, 0.6) is 0 Å². The van der Waals surface area contributed by atoms with Crippen LogP contribution in [0.4, 0.5) is 0 Å². The highest BCUT2D eigenvalue weighted by Gasteiger charge is 2.26. The van der Waals surface area contributed by atoms with Crippen LogP contribution in [0.15, 0.2) is 72.8 Å². The first-order valence-electron chi connectivity index (χ1n) is 8.47. The third kappa shape index (κ3) is 5.31. The van der Waals surface area contributed by atoms with Crippen molar-refractivity contribution in [2.45, 2.75) is 20.8 Å². The van der Waals surface area contributed by atoms with Gasteiger partial charge in [-0.1, -0.05) is 83.4 Å². The Kier molecular flexibility index (Phi) is 7.83. The Bertz CT molecular complexity index is 817. The maximum Gasteiger partial charge on any atom is 0.193 e. The zero-order chi connectivity index (χ0) is 19.8. The first-order chi connectivity index (χ1) is 13.0.